The molecular weight excluding hydrogens is 434 g/mol. The molecule has 1 fully saturated rings. The molecule has 2 aliphatic heterocycles. The maximum Gasteiger partial charge on any atom is 0.223 e. The standard InChI is InChI=1S/C23H24BrNO4/c24-18-7-4-16(5-8-18)20(26)9-11-23(27)25-12-1-3-19(25)17-6-10-21-22(15-17)29-14-2-13-28-21/h4-8,10,15,19H,1-3,9,11-14H2. The number of ether oxygens (including phenoxy) is 2. The van der Waals surface area contributed by atoms with E-state index in [2.05, 4.69) is 15.9 Å². The molecule has 2 aliphatic rings. The van der Waals surface area contributed by atoms with Gasteiger partial charge in [-0.05, 0) is 42.7 Å². The van der Waals surface area contributed by atoms with Gasteiger partial charge in [-0.15, -0.1) is 0 Å². The molecule has 1 amide bonds. The van der Waals surface area contributed by atoms with Crippen LogP contribution in [-0.2, 0) is 4.79 Å². The molecule has 0 aromatic heterocycles. The summed E-state index contributed by atoms with van der Waals surface area (Å²) in [6.45, 7) is 2.03. The van der Waals surface area contributed by atoms with E-state index in [1.165, 1.54) is 0 Å². The van der Waals surface area contributed by atoms with Gasteiger partial charge in [0.1, 0.15) is 0 Å². The molecule has 2 aromatic rings. The normalized spacial score (nSPS) is 18.4. The summed E-state index contributed by atoms with van der Waals surface area (Å²) in [5.74, 6) is 1.55. The molecule has 0 aliphatic carbocycles. The topological polar surface area (TPSA) is 55.8 Å². The van der Waals surface area contributed by atoms with Crippen LogP contribution in [0.1, 0.15) is 54.1 Å². The van der Waals surface area contributed by atoms with Crippen molar-refractivity contribution in [3.05, 3.63) is 58.1 Å². The lowest BCUT2D eigenvalue weighted by atomic mass is 10.0. The van der Waals surface area contributed by atoms with Gasteiger partial charge in [-0.1, -0.05) is 34.1 Å². The molecule has 5 nitrogen and oxygen atoms in total. The maximum absolute atomic E-state index is 12.9. The SMILES string of the molecule is O=C(CCC(=O)N1CCCC1c1ccc2c(c1)OCCCO2)c1ccc(Br)cc1. The predicted molar refractivity (Wildman–Crippen MR) is 113 cm³/mol. The highest BCUT2D eigenvalue weighted by atomic mass is 79.9. The highest BCUT2D eigenvalue weighted by Crippen LogP contribution is 2.38. The van der Waals surface area contributed by atoms with Crippen molar-refractivity contribution in [1.29, 1.82) is 0 Å². The van der Waals surface area contributed by atoms with Gasteiger partial charge in [-0.2, -0.15) is 0 Å². The Bertz CT molecular complexity index is 896. The molecule has 1 unspecified atom stereocenters. The number of benzene rings is 2. The second kappa shape index (κ2) is 8.99. The Hall–Kier alpha value is -2.34. The van der Waals surface area contributed by atoms with E-state index >= 15 is 0 Å². The number of ketones is 1. The molecular formula is C23H24BrNO4. The molecule has 0 N–H and O–H groups in total. The first-order valence-corrected chi connectivity index (χ1v) is 10.9. The summed E-state index contributed by atoms with van der Waals surface area (Å²) < 4.78 is 12.4. The molecule has 29 heavy (non-hydrogen) atoms. The number of nitrogens with zero attached hydrogens (tertiary/aromatic N) is 1. The van der Waals surface area contributed by atoms with E-state index in [1.54, 1.807) is 12.1 Å². The Morgan fingerprint density at radius 3 is 2.52 bits per heavy atom. The Morgan fingerprint density at radius 1 is 0.966 bits per heavy atom. The molecule has 6 heteroatoms. The number of likely N-dealkylation sites (tertiary alicyclic amines) is 1. The monoisotopic (exact) mass is 457 g/mol. The van der Waals surface area contributed by atoms with Crippen molar-refractivity contribution in [2.24, 2.45) is 0 Å². The van der Waals surface area contributed by atoms with E-state index < -0.39 is 0 Å². The summed E-state index contributed by atoms with van der Waals surface area (Å²) in [6.07, 6.45) is 3.21. The maximum atomic E-state index is 12.9. The van der Waals surface area contributed by atoms with Crippen LogP contribution < -0.4 is 9.47 Å². The van der Waals surface area contributed by atoms with Gasteiger partial charge in [0.15, 0.2) is 17.3 Å². The van der Waals surface area contributed by atoms with Gasteiger partial charge in [0.05, 0.1) is 19.3 Å². The minimum atomic E-state index is -0.00261. The third kappa shape index (κ3) is 4.64. The zero-order valence-electron chi connectivity index (χ0n) is 16.2. The van der Waals surface area contributed by atoms with Crippen molar-refractivity contribution < 1.29 is 19.1 Å². The third-order valence-corrected chi connectivity index (χ3v) is 5.99. The van der Waals surface area contributed by atoms with E-state index in [4.69, 9.17) is 9.47 Å². The summed E-state index contributed by atoms with van der Waals surface area (Å²) in [6, 6.07) is 13.3. The number of hydrogen-bond acceptors (Lipinski definition) is 4. The van der Waals surface area contributed by atoms with Gasteiger partial charge in [0.25, 0.3) is 0 Å². The van der Waals surface area contributed by atoms with E-state index in [0.717, 1.165) is 47.3 Å². The van der Waals surface area contributed by atoms with Crippen molar-refractivity contribution in [3.63, 3.8) is 0 Å². The van der Waals surface area contributed by atoms with Crippen LogP contribution in [0.25, 0.3) is 0 Å². The van der Waals surface area contributed by atoms with Gasteiger partial charge in [0, 0.05) is 35.8 Å². The third-order valence-electron chi connectivity index (χ3n) is 5.46. The molecule has 2 aromatic carbocycles. The lowest BCUT2D eigenvalue weighted by molar-refractivity contribution is -0.132. The molecule has 152 valence electrons. The van der Waals surface area contributed by atoms with Crippen LogP contribution >= 0.6 is 15.9 Å². The molecule has 4 rings (SSSR count). The van der Waals surface area contributed by atoms with Crippen LogP contribution in [0.3, 0.4) is 0 Å². The van der Waals surface area contributed by atoms with Crippen molar-refractivity contribution in [2.45, 2.75) is 38.1 Å². The number of carbonyl (C=O) groups is 2. The van der Waals surface area contributed by atoms with Crippen molar-refractivity contribution >= 4 is 27.6 Å². The number of Topliss-reactive ketones (excluding diaryl/α,β-unsaturated/α-hetero) is 1. The minimum Gasteiger partial charge on any atom is -0.490 e. The van der Waals surface area contributed by atoms with Gasteiger partial charge in [-0.3, -0.25) is 9.59 Å². The smallest absolute Gasteiger partial charge is 0.223 e. The largest absolute Gasteiger partial charge is 0.490 e. The van der Waals surface area contributed by atoms with Gasteiger partial charge in [-0.25, -0.2) is 0 Å². The average Bonchev–Trinajstić information content (AvgIpc) is 3.11. The molecule has 0 spiro atoms. The summed E-state index contributed by atoms with van der Waals surface area (Å²) in [7, 11) is 0. The van der Waals surface area contributed by atoms with Crippen LogP contribution in [0.2, 0.25) is 0 Å². The van der Waals surface area contributed by atoms with Crippen LogP contribution in [0.5, 0.6) is 11.5 Å². The van der Waals surface area contributed by atoms with E-state index in [1.807, 2.05) is 35.2 Å². The van der Waals surface area contributed by atoms with Gasteiger partial charge in [0.2, 0.25) is 5.91 Å². The van der Waals surface area contributed by atoms with Crippen LogP contribution in [0.4, 0.5) is 0 Å². The fraction of sp³-hybridized carbons (Fsp3) is 0.391. The molecule has 2 heterocycles. The Kier molecular flexibility index (Phi) is 6.19. The first-order valence-electron chi connectivity index (χ1n) is 10.1. The predicted octanol–water partition coefficient (Wildman–Crippen LogP) is 4.94. The van der Waals surface area contributed by atoms with E-state index in [-0.39, 0.29) is 30.6 Å². The lowest BCUT2D eigenvalue weighted by Gasteiger charge is -2.25. The molecule has 0 bridgehead atoms. The van der Waals surface area contributed by atoms with E-state index in [9.17, 15) is 9.59 Å². The number of hydrogen-bond donors (Lipinski definition) is 0. The van der Waals surface area contributed by atoms with Crippen LogP contribution in [-0.4, -0.2) is 36.3 Å². The quantitative estimate of drug-likeness (QED) is 0.596. The molecule has 0 radical (unpaired) electrons. The average molecular weight is 458 g/mol. The minimum absolute atomic E-state index is 0.00261. The lowest BCUT2D eigenvalue weighted by Crippen LogP contribution is -2.30. The number of halogens is 1. The second-order valence-electron chi connectivity index (χ2n) is 7.43. The highest BCUT2D eigenvalue weighted by molar-refractivity contribution is 9.10. The number of fused-ring (bicyclic) bond motifs is 1. The molecule has 0 saturated carbocycles. The van der Waals surface area contributed by atoms with E-state index in [0.29, 0.717) is 18.8 Å². The highest BCUT2D eigenvalue weighted by Gasteiger charge is 2.30. The Balaban J connectivity index is 1.41. The first kappa shape index (κ1) is 20.0. The van der Waals surface area contributed by atoms with Crippen LogP contribution in [0, 0.1) is 0 Å². The number of carbonyl (C=O) groups excluding carboxylic acids is 2. The zero-order chi connectivity index (χ0) is 20.2. The summed E-state index contributed by atoms with van der Waals surface area (Å²) >= 11 is 3.37. The zero-order valence-corrected chi connectivity index (χ0v) is 17.8. The fourth-order valence-electron chi connectivity index (χ4n) is 3.94. The van der Waals surface area contributed by atoms with Gasteiger partial charge < -0.3 is 14.4 Å². The molecule has 1 atom stereocenters. The second-order valence-corrected chi connectivity index (χ2v) is 8.35. The van der Waals surface area contributed by atoms with Crippen molar-refractivity contribution in [1.82, 2.24) is 4.90 Å². The Morgan fingerprint density at radius 2 is 1.72 bits per heavy atom. The van der Waals surface area contributed by atoms with Crippen molar-refractivity contribution in [3.8, 4) is 11.5 Å². The summed E-state index contributed by atoms with van der Waals surface area (Å²) in [4.78, 5) is 27.2. The summed E-state index contributed by atoms with van der Waals surface area (Å²) in [5.41, 5.74) is 1.71. The summed E-state index contributed by atoms with van der Waals surface area (Å²) in [5, 5.41) is 0. The first-order chi connectivity index (χ1) is 14.1. The van der Waals surface area contributed by atoms with Crippen molar-refractivity contribution in [2.75, 3.05) is 19.8 Å². The van der Waals surface area contributed by atoms with Gasteiger partial charge >= 0.3 is 0 Å². The fourth-order valence-corrected chi connectivity index (χ4v) is 4.21. The number of amides is 1. The van der Waals surface area contributed by atoms with Crippen LogP contribution in [0.15, 0.2) is 46.9 Å². The Labute approximate surface area is 179 Å². The molecule has 1 saturated heterocycles. The number of rotatable bonds is 5.